The number of carbonyl (C=O) groups is 3. The van der Waals surface area contributed by atoms with Crippen molar-refractivity contribution in [3.05, 3.63) is 59.7 Å². The van der Waals surface area contributed by atoms with E-state index < -0.39 is 40.0 Å². The summed E-state index contributed by atoms with van der Waals surface area (Å²) >= 11 is 0. The van der Waals surface area contributed by atoms with Gasteiger partial charge in [0, 0.05) is 18.8 Å². The van der Waals surface area contributed by atoms with Crippen LogP contribution in [-0.2, 0) is 31.6 Å². The molecule has 2 N–H and O–H groups in total. The van der Waals surface area contributed by atoms with Gasteiger partial charge >= 0.3 is 6.03 Å². The Balaban J connectivity index is 1.25. The predicted octanol–water partition coefficient (Wildman–Crippen LogP) is 3.36. The minimum absolute atomic E-state index is 0.00157. The minimum Gasteiger partial charge on any atom is -0.325 e. The van der Waals surface area contributed by atoms with Gasteiger partial charge in [-0.05, 0) is 67.5 Å². The van der Waals surface area contributed by atoms with Gasteiger partial charge in [-0.1, -0.05) is 43.5 Å². The Bertz CT molecular complexity index is 1320. The van der Waals surface area contributed by atoms with Crippen LogP contribution in [0.25, 0.3) is 0 Å². The summed E-state index contributed by atoms with van der Waals surface area (Å²) in [6.45, 7) is -0.431. The Hall–Kier alpha value is -3.24. The molecule has 0 aromatic heterocycles. The normalized spacial score (nSPS) is 22.3. The second kappa shape index (κ2) is 9.90. The lowest BCUT2D eigenvalue weighted by Gasteiger charge is -2.33. The van der Waals surface area contributed by atoms with Crippen LogP contribution in [0.5, 0.6) is 0 Å². The lowest BCUT2D eigenvalue weighted by molar-refractivity contribution is -0.134. The molecule has 1 saturated heterocycles. The zero-order chi connectivity index (χ0) is 26.2. The van der Waals surface area contributed by atoms with Gasteiger partial charge in [-0.25, -0.2) is 13.2 Å². The molecule has 2 aromatic carbocycles. The van der Waals surface area contributed by atoms with Crippen molar-refractivity contribution in [1.29, 1.82) is 0 Å². The van der Waals surface area contributed by atoms with E-state index in [0.29, 0.717) is 12.1 Å². The molecule has 1 heterocycles. The third-order valence-corrected chi connectivity index (χ3v) is 9.78. The summed E-state index contributed by atoms with van der Waals surface area (Å²) in [6, 6.07) is 12.9. The van der Waals surface area contributed by atoms with E-state index in [2.05, 4.69) is 10.6 Å². The highest BCUT2D eigenvalue weighted by Gasteiger charge is 2.54. The molecule has 196 valence electrons. The first-order chi connectivity index (χ1) is 17.7. The average molecular weight is 525 g/mol. The fourth-order valence-corrected chi connectivity index (χ4v) is 7.23. The van der Waals surface area contributed by atoms with Crippen LogP contribution < -0.4 is 10.6 Å². The van der Waals surface area contributed by atoms with Gasteiger partial charge in [-0.2, -0.15) is 4.31 Å². The number of nitrogens with one attached hydrogen (secondary N) is 2. The molecule has 1 spiro atoms. The Morgan fingerprint density at radius 2 is 1.76 bits per heavy atom. The van der Waals surface area contributed by atoms with Gasteiger partial charge < -0.3 is 10.6 Å². The predicted molar refractivity (Wildman–Crippen MR) is 138 cm³/mol. The van der Waals surface area contributed by atoms with Gasteiger partial charge in [0.05, 0.1) is 4.90 Å². The van der Waals surface area contributed by atoms with E-state index in [1.807, 2.05) is 24.3 Å². The number of imide groups is 1. The summed E-state index contributed by atoms with van der Waals surface area (Å²) in [5, 5.41) is 5.51. The zero-order valence-corrected chi connectivity index (χ0v) is 21.7. The molecule has 4 amide bonds. The Kier molecular flexibility index (Phi) is 6.80. The summed E-state index contributed by atoms with van der Waals surface area (Å²) in [5.74, 6) is -0.966. The number of amides is 4. The Morgan fingerprint density at radius 1 is 1.05 bits per heavy atom. The molecular formula is C27H32N4O5S. The summed E-state index contributed by atoms with van der Waals surface area (Å²) < 4.78 is 27.6. The van der Waals surface area contributed by atoms with Crippen LogP contribution in [0.15, 0.2) is 53.4 Å². The number of aryl methyl sites for hydroxylation is 1. The van der Waals surface area contributed by atoms with Crippen molar-refractivity contribution in [2.75, 3.05) is 18.9 Å². The van der Waals surface area contributed by atoms with Gasteiger partial charge in [-0.15, -0.1) is 0 Å². The maximum absolute atomic E-state index is 13.4. The largest absolute Gasteiger partial charge is 0.325 e. The number of nitrogens with zero attached hydrogens (tertiary/aromatic N) is 2. The van der Waals surface area contributed by atoms with Crippen LogP contribution in [0.2, 0.25) is 0 Å². The van der Waals surface area contributed by atoms with Crippen molar-refractivity contribution in [3.8, 4) is 0 Å². The number of rotatable bonds is 6. The van der Waals surface area contributed by atoms with E-state index in [-0.39, 0.29) is 10.9 Å². The molecule has 37 heavy (non-hydrogen) atoms. The maximum Gasteiger partial charge on any atom is 0.325 e. The second-order valence-corrected chi connectivity index (χ2v) is 12.1. The third kappa shape index (κ3) is 4.64. The average Bonchev–Trinajstić information content (AvgIpc) is 3.13. The molecule has 0 unspecified atom stereocenters. The molecule has 2 aliphatic carbocycles. The molecule has 10 heteroatoms. The monoisotopic (exact) mass is 524 g/mol. The zero-order valence-electron chi connectivity index (χ0n) is 20.9. The van der Waals surface area contributed by atoms with Gasteiger partial charge in [0.1, 0.15) is 12.1 Å². The summed E-state index contributed by atoms with van der Waals surface area (Å²) in [6.07, 6.45) is 6.99. The number of carbonyl (C=O) groups excluding carboxylic acids is 3. The number of fused-ring (bicyclic) bond motifs is 2. The smallest absolute Gasteiger partial charge is 0.325 e. The van der Waals surface area contributed by atoms with Crippen molar-refractivity contribution in [3.63, 3.8) is 0 Å². The summed E-state index contributed by atoms with van der Waals surface area (Å²) in [7, 11) is -2.02. The van der Waals surface area contributed by atoms with Crippen LogP contribution in [0.3, 0.4) is 0 Å². The van der Waals surface area contributed by atoms with Crippen molar-refractivity contribution >= 4 is 33.6 Å². The lowest BCUT2D eigenvalue weighted by atomic mass is 9.76. The molecule has 1 aliphatic heterocycles. The van der Waals surface area contributed by atoms with Gasteiger partial charge in [0.2, 0.25) is 15.9 Å². The molecule has 2 aromatic rings. The molecule has 3 aliphatic rings. The molecule has 0 bridgehead atoms. The molecule has 1 saturated carbocycles. The van der Waals surface area contributed by atoms with Crippen molar-refractivity contribution < 1.29 is 22.8 Å². The van der Waals surface area contributed by atoms with E-state index in [4.69, 9.17) is 0 Å². The first-order valence-electron chi connectivity index (χ1n) is 12.8. The number of sulfonamides is 1. The fraction of sp³-hybridized carbons (Fsp3) is 0.444. The number of benzene rings is 2. The molecule has 1 atom stereocenters. The fourth-order valence-electron chi connectivity index (χ4n) is 5.82. The number of anilines is 1. The Morgan fingerprint density at radius 3 is 2.49 bits per heavy atom. The Labute approximate surface area is 217 Å². The van der Waals surface area contributed by atoms with Crippen molar-refractivity contribution in [1.82, 2.24) is 14.5 Å². The highest BCUT2D eigenvalue weighted by atomic mass is 32.2. The topological polar surface area (TPSA) is 116 Å². The first-order valence-corrected chi connectivity index (χ1v) is 14.3. The standard InChI is InChI=1S/C27H32N4O5S/c1-30(21-10-3-2-4-11-21)37(35,36)22-15-13-20(14-16-22)28-24(32)18-31-25(33)27(29-26(31)34)17-7-9-19-8-5-6-12-23(19)27/h5-6,8,12-16,21H,2-4,7,9-11,17-18H2,1H3,(H,28,32)(H,29,34)/t27-/m0/s1. The lowest BCUT2D eigenvalue weighted by Crippen LogP contribution is -2.47. The minimum atomic E-state index is -3.64. The van der Waals surface area contributed by atoms with Crippen LogP contribution in [0, 0.1) is 0 Å². The van der Waals surface area contributed by atoms with Gasteiger partial charge in [0.25, 0.3) is 5.91 Å². The molecular weight excluding hydrogens is 492 g/mol. The molecule has 5 rings (SSSR count). The van der Waals surface area contributed by atoms with Crippen molar-refractivity contribution in [2.45, 2.75) is 67.8 Å². The van der Waals surface area contributed by atoms with Crippen LogP contribution >= 0.6 is 0 Å². The third-order valence-electron chi connectivity index (χ3n) is 7.86. The van der Waals surface area contributed by atoms with Crippen LogP contribution in [0.1, 0.15) is 56.1 Å². The van der Waals surface area contributed by atoms with E-state index >= 15 is 0 Å². The van der Waals surface area contributed by atoms with E-state index in [1.165, 1.54) is 28.6 Å². The van der Waals surface area contributed by atoms with E-state index in [0.717, 1.165) is 61.0 Å². The van der Waals surface area contributed by atoms with Crippen molar-refractivity contribution in [2.24, 2.45) is 0 Å². The highest BCUT2D eigenvalue weighted by molar-refractivity contribution is 7.89. The number of urea groups is 1. The number of hydrogen-bond donors (Lipinski definition) is 2. The maximum atomic E-state index is 13.4. The van der Waals surface area contributed by atoms with Crippen LogP contribution in [-0.4, -0.2) is 55.1 Å². The van der Waals surface area contributed by atoms with E-state index in [1.54, 1.807) is 7.05 Å². The molecule has 0 radical (unpaired) electrons. The summed E-state index contributed by atoms with van der Waals surface area (Å²) in [4.78, 5) is 40.0. The summed E-state index contributed by atoms with van der Waals surface area (Å²) in [5.41, 5.74) is 1.07. The molecule has 2 fully saturated rings. The van der Waals surface area contributed by atoms with Gasteiger partial charge in [-0.3, -0.25) is 14.5 Å². The second-order valence-electron chi connectivity index (χ2n) is 10.1. The number of hydrogen-bond acceptors (Lipinski definition) is 5. The SMILES string of the molecule is CN(C1CCCCC1)S(=O)(=O)c1ccc(NC(=O)CN2C(=O)N[C@]3(CCCc4ccccc43)C2=O)cc1. The molecule has 9 nitrogen and oxygen atoms in total. The first kappa shape index (κ1) is 25.4. The highest BCUT2D eigenvalue weighted by Crippen LogP contribution is 2.39. The van der Waals surface area contributed by atoms with Gasteiger partial charge in [0.15, 0.2) is 0 Å². The van der Waals surface area contributed by atoms with Crippen LogP contribution in [0.4, 0.5) is 10.5 Å². The quantitative estimate of drug-likeness (QED) is 0.562. The van der Waals surface area contributed by atoms with E-state index in [9.17, 15) is 22.8 Å².